The summed E-state index contributed by atoms with van der Waals surface area (Å²) >= 11 is 7.36. The van der Waals surface area contributed by atoms with E-state index in [4.69, 9.17) is 16.3 Å². The summed E-state index contributed by atoms with van der Waals surface area (Å²) in [7, 11) is 0. The number of anilines is 1. The van der Waals surface area contributed by atoms with E-state index in [1.807, 2.05) is 18.2 Å². The normalized spacial score (nSPS) is 16.4. The van der Waals surface area contributed by atoms with Gasteiger partial charge in [0.25, 0.3) is 5.91 Å². The number of esters is 1. The molecule has 1 unspecified atom stereocenters. The van der Waals surface area contributed by atoms with Crippen LogP contribution in [0.2, 0.25) is 5.02 Å². The van der Waals surface area contributed by atoms with Gasteiger partial charge in [0.1, 0.15) is 6.04 Å². The van der Waals surface area contributed by atoms with E-state index in [9.17, 15) is 14.4 Å². The Morgan fingerprint density at radius 3 is 2.92 bits per heavy atom. The third-order valence-corrected chi connectivity index (χ3v) is 4.61. The molecule has 2 heterocycles. The molecule has 1 saturated heterocycles. The molecule has 1 aliphatic heterocycles. The monoisotopic (exact) mass is 379 g/mol. The number of nitrogens with zero attached hydrogens (tertiary/aromatic N) is 1. The van der Waals surface area contributed by atoms with E-state index in [0.717, 1.165) is 5.56 Å². The second-order valence-electron chi connectivity index (χ2n) is 5.33. The van der Waals surface area contributed by atoms with Crippen molar-refractivity contribution >= 4 is 45.9 Å². The van der Waals surface area contributed by atoms with Crippen molar-refractivity contribution in [2.45, 2.75) is 18.9 Å². The van der Waals surface area contributed by atoms with Gasteiger partial charge in [0.15, 0.2) is 11.7 Å². The van der Waals surface area contributed by atoms with Crippen LogP contribution in [0.5, 0.6) is 0 Å². The molecule has 0 radical (unpaired) electrons. The number of carbonyl (C=O) groups excluding carboxylic acids is 3. The van der Waals surface area contributed by atoms with E-state index in [1.54, 1.807) is 11.4 Å². The number of aromatic nitrogens is 1. The molecule has 0 saturated carbocycles. The number of carbonyl (C=O) groups is 3. The fraction of sp³-hybridized carbons (Fsp3) is 0.250. The largest absolute Gasteiger partial charge is 0.454 e. The van der Waals surface area contributed by atoms with Crippen LogP contribution in [-0.4, -0.2) is 35.4 Å². The Hall–Kier alpha value is -2.45. The van der Waals surface area contributed by atoms with E-state index in [2.05, 4.69) is 15.6 Å². The van der Waals surface area contributed by atoms with Crippen molar-refractivity contribution < 1.29 is 19.1 Å². The highest BCUT2D eigenvalue weighted by atomic mass is 35.5. The number of halogens is 1. The van der Waals surface area contributed by atoms with Crippen LogP contribution in [0.25, 0.3) is 11.3 Å². The summed E-state index contributed by atoms with van der Waals surface area (Å²) in [5.41, 5.74) is 1.42. The molecule has 2 N–H and O–H groups in total. The number of hydrogen-bond acceptors (Lipinski definition) is 6. The van der Waals surface area contributed by atoms with Crippen LogP contribution in [0.4, 0.5) is 5.13 Å². The second kappa shape index (κ2) is 7.62. The summed E-state index contributed by atoms with van der Waals surface area (Å²) in [6, 6.07) is 6.59. The topological polar surface area (TPSA) is 97.4 Å². The van der Waals surface area contributed by atoms with E-state index < -0.39 is 24.5 Å². The molecule has 1 aromatic carbocycles. The first-order chi connectivity index (χ1) is 12.0. The van der Waals surface area contributed by atoms with Gasteiger partial charge in [-0.2, -0.15) is 0 Å². The molecule has 0 bridgehead atoms. The summed E-state index contributed by atoms with van der Waals surface area (Å²) in [5, 5.41) is 7.78. The van der Waals surface area contributed by atoms with Gasteiger partial charge in [-0.05, 0) is 12.5 Å². The van der Waals surface area contributed by atoms with Gasteiger partial charge >= 0.3 is 5.97 Å². The van der Waals surface area contributed by atoms with Crippen molar-refractivity contribution in [2.75, 3.05) is 11.9 Å². The van der Waals surface area contributed by atoms with Crippen molar-refractivity contribution in [3.63, 3.8) is 0 Å². The first-order valence-corrected chi connectivity index (χ1v) is 8.75. The Morgan fingerprint density at radius 1 is 1.40 bits per heavy atom. The Balaban J connectivity index is 1.53. The zero-order valence-electron chi connectivity index (χ0n) is 13.0. The van der Waals surface area contributed by atoms with Crippen molar-refractivity contribution in [1.82, 2.24) is 10.3 Å². The minimum Gasteiger partial charge on any atom is -0.454 e. The molecule has 3 rings (SSSR count). The molecule has 1 atom stereocenters. The molecule has 0 spiro atoms. The van der Waals surface area contributed by atoms with Gasteiger partial charge in [0.05, 0.1) is 5.69 Å². The summed E-state index contributed by atoms with van der Waals surface area (Å²) < 4.78 is 4.91. The van der Waals surface area contributed by atoms with Crippen molar-refractivity contribution in [3.8, 4) is 11.3 Å². The molecule has 1 aliphatic rings. The minimum absolute atomic E-state index is 0.193. The molecule has 2 amide bonds. The highest BCUT2D eigenvalue weighted by Crippen LogP contribution is 2.30. The summed E-state index contributed by atoms with van der Waals surface area (Å²) in [5.74, 6) is -1.31. The fourth-order valence-electron chi connectivity index (χ4n) is 2.31. The SMILES string of the molecule is O=C(COC(=O)C1CCC(=O)N1)Nc1nc(-c2ccccc2Cl)cs1. The minimum atomic E-state index is -0.674. The van der Waals surface area contributed by atoms with Crippen LogP contribution < -0.4 is 10.6 Å². The lowest BCUT2D eigenvalue weighted by atomic mass is 10.2. The standard InChI is InChI=1S/C16H14ClN3O4S/c17-10-4-2-1-3-9(10)12-8-25-16(19-12)20-14(22)7-24-15(23)11-5-6-13(21)18-11/h1-4,8,11H,5-7H2,(H,18,21)(H,19,20,22). The number of nitrogens with one attached hydrogen (secondary N) is 2. The fourth-order valence-corrected chi connectivity index (χ4v) is 3.27. The molecule has 25 heavy (non-hydrogen) atoms. The van der Waals surface area contributed by atoms with E-state index in [0.29, 0.717) is 22.3 Å². The molecule has 130 valence electrons. The van der Waals surface area contributed by atoms with Crippen molar-refractivity contribution in [3.05, 3.63) is 34.7 Å². The molecule has 2 aromatic rings. The predicted molar refractivity (Wildman–Crippen MR) is 93.3 cm³/mol. The average Bonchev–Trinajstić information content (AvgIpc) is 3.22. The van der Waals surface area contributed by atoms with Crippen LogP contribution in [0.3, 0.4) is 0 Å². The van der Waals surface area contributed by atoms with Crippen LogP contribution in [0.1, 0.15) is 12.8 Å². The molecule has 7 nitrogen and oxygen atoms in total. The van der Waals surface area contributed by atoms with Crippen LogP contribution in [-0.2, 0) is 19.1 Å². The van der Waals surface area contributed by atoms with E-state index >= 15 is 0 Å². The lowest BCUT2D eigenvalue weighted by Gasteiger charge is -2.09. The number of hydrogen-bond donors (Lipinski definition) is 2. The molecule has 1 aromatic heterocycles. The van der Waals surface area contributed by atoms with Crippen LogP contribution in [0.15, 0.2) is 29.6 Å². The van der Waals surface area contributed by atoms with Gasteiger partial charge in [-0.15, -0.1) is 11.3 Å². The van der Waals surface area contributed by atoms with E-state index in [-0.39, 0.29) is 12.3 Å². The number of rotatable bonds is 5. The Labute approximate surface area is 152 Å². The molecular formula is C16H14ClN3O4S. The quantitative estimate of drug-likeness (QED) is 0.776. The Kier molecular flexibility index (Phi) is 5.30. The number of ether oxygens (including phenoxy) is 1. The van der Waals surface area contributed by atoms with Gasteiger partial charge in [-0.1, -0.05) is 29.8 Å². The van der Waals surface area contributed by atoms with Gasteiger partial charge < -0.3 is 10.1 Å². The first kappa shape index (κ1) is 17.4. The van der Waals surface area contributed by atoms with Crippen LogP contribution >= 0.6 is 22.9 Å². The summed E-state index contributed by atoms with van der Waals surface area (Å²) in [6.45, 7) is -0.438. The molecule has 1 fully saturated rings. The maximum absolute atomic E-state index is 11.9. The van der Waals surface area contributed by atoms with Crippen molar-refractivity contribution in [1.29, 1.82) is 0 Å². The van der Waals surface area contributed by atoms with Gasteiger partial charge in [0, 0.05) is 22.4 Å². The van der Waals surface area contributed by atoms with Crippen molar-refractivity contribution in [2.24, 2.45) is 0 Å². The predicted octanol–water partition coefficient (Wildman–Crippen LogP) is 2.22. The average molecular weight is 380 g/mol. The summed E-state index contributed by atoms with van der Waals surface area (Å²) in [6.07, 6.45) is 0.670. The maximum atomic E-state index is 11.9. The number of amides is 2. The zero-order valence-corrected chi connectivity index (χ0v) is 14.5. The van der Waals surface area contributed by atoms with Crippen LogP contribution in [0, 0.1) is 0 Å². The molecular weight excluding hydrogens is 366 g/mol. The smallest absolute Gasteiger partial charge is 0.329 e. The first-order valence-electron chi connectivity index (χ1n) is 7.49. The lowest BCUT2D eigenvalue weighted by Crippen LogP contribution is -2.36. The third-order valence-electron chi connectivity index (χ3n) is 3.53. The third kappa shape index (κ3) is 4.34. The Morgan fingerprint density at radius 2 is 2.20 bits per heavy atom. The highest BCUT2D eigenvalue weighted by Gasteiger charge is 2.28. The van der Waals surface area contributed by atoms with E-state index in [1.165, 1.54) is 11.3 Å². The number of benzene rings is 1. The molecule has 9 heteroatoms. The molecule has 0 aliphatic carbocycles. The Bertz CT molecular complexity index is 823. The van der Waals surface area contributed by atoms with Gasteiger partial charge in [-0.25, -0.2) is 9.78 Å². The summed E-state index contributed by atoms with van der Waals surface area (Å²) in [4.78, 5) is 39.0. The lowest BCUT2D eigenvalue weighted by molar-refractivity contribution is -0.149. The second-order valence-corrected chi connectivity index (χ2v) is 6.60. The maximum Gasteiger partial charge on any atom is 0.329 e. The number of thiazole rings is 1. The van der Waals surface area contributed by atoms with Gasteiger partial charge in [0.2, 0.25) is 5.91 Å². The van der Waals surface area contributed by atoms with Gasteiger partial charge in [-0.3, -0.25) is 14.9 Å². The zero-order chi connectivity index (χ0) is 17.8. The highest BCUT2D eigenvalue weighted by molar-refractivity contribution is 7.14.